The number of benzene rings is 1. The summed E-state index contributed by atoms with van der Waals surface area (Å²) in [6, 6.07) is 5.05. The van der Waals surface area contributed by atoms with Crippen molar-refractivity contribution in [2.45, 2.75) is 29.8 Å². The van der Waals surface area contributed by atoms with Gasteiger partial charge in [-0.1, -0.05) is 12.1 Å². The highest BCUT2D eigenvalue weighted by atomic mass is 32.2. The molecule has 0 unspecified atom stereocenters. The minimum atomic E-state index is -4.31. The van der Waals surface area contributed by atoms with Crippen LogP contribution in [0.5, 0.6) is 0 Å². The summed E-state index contributed by atoms with van der Waals surface area (Å²) in [5, 5.41) is 0. The molecule has 0 fully saturated rings. The summed E-state index contributed by atoms with van der Waals surface area (Å²) in [5.74, 6) is -0.427. The fraction of sp³-hybridized carbons (Fsp3) is 0.417. The van der Waals surface area contributed by atoms with Gasteiger partial charge in [-0.05, 0) is 36.4 Å². The maximum atomic E-state index is 12.1. The van der Waals surface area contributed by atoms with E-state index >= 15 is 0 Å². The molecule has 1 rings (SSSR count). The van der Waals surface area contributed by atoms with Crippen molar-refractivity contribution in [3.05, 3.63) is 29.8 Å². The van der Waals surface area contributed by atoms with Crippen molar-refractivity contribution >= 4 is 17.7 Å². The largest absolute Gasteiger partial charge is 0.466 e. The zero-order valence-corrected chi connectivity index (χ0v) is 11.1. The number of hydrogen-bond donors (Lipinski definition) is 1. The van der Waals surface area contributed by atoms with Crippen molar-refractivity contribution in [2.24, 2.45) is 5.73 Å². The summed E-state index contributed by atoms with van der Waals surface area (Å²) in [7, 11) is 0. The summed E-state index contributed by atoms with van der Waals surface area (Å²) in [6.45, 7) is 1.96. The van der Waals surface area contributed by atoms with E-state index in [2.05, 4.69) is 0 Å². The molecule has 0 aliphatic rings. The summed E-state index contributed by atoms with van der Waals surface area (Å²) in [5.41, 5.74) is 2.06. The first-order valence-corrected chi connectivity index (χ1v) is 6.40. The monoisotopic (exact) mass is 293 g/mol. The van der Waals surface area contributed by atoms with Gasteiger partial charge in [-0.25, -0.2) is 0 Å². The third-order valence-electron chi connectivity index (χ3n) is 2.23. The first-order valence-electron chi connectivity index (χ1n) is 5.58. The number of thioether (sulfide) groups is 1. The van der Waals surface area contributed by atoms with E-state index in [1.807, 2.05) is 0 Å². The lowest BCUT2D eigenvalue weighted by Gasteiger charge is -2.12. The van der Waals surface area contributed by atoms with E-state index in [0.29, 0.717) is 5.56 Å². The second-order valence-corrected chi connectivity index (χ2v) is 4.87. The third kappa shape index (κ3) is 5.98. The van der Waals surface area contributed by atoms with Gasteiger partial charge < -0.3 is 10.5 Å². The van der Waals surface area contributed by atoms with Crippen LogP contribution < -0.4 is 5.73 Å². The molecule has 0 amide bonds. The maximum Gasteiger partial charge on any atom is 0.446 e. The van der Waals surface area contributed by atoms with Crippen molar-refractivity contribution in [2.75, 3.05) is 6.61 Å². The number of esters is 1. The zero-order chi connectivity index (χ0) is 14.5. The Morgan fingerprint density at radius 1 is 1.37 bits per heavy atom. The SMILES string of the molecule is CCOC(=O)C[C@H](N)c1ccc(SC(F)(F)F)cc1. The molecule has 1 atom stereocenters. The minimum absolute atomic E-state index is 0.000396. The predicted molar refractivity (Wildman–Crippen MR) is 66.5 cm³/mol. The van der Waals surface area contributed by atoms with Crippen LogP contribution >= 0.6 is 11.8 Å². The van der Waals surface area contributed by atoms with Crippen molar-refractivity contribution in [3.63, 3.8) is 0 Å². The molecular weight excluding hydrogens is 279 g/mol. The molecule has 0 bridgehead atoms. The number of carbonyl (C=O) groups is 1. The Kier molecular flexibility index (Phi) is 5.68. The normalized spacial score (nSPS) is 13.1. The maximum absolute atomic E-state index is 12.1. The third-order valence-corrected chi connectivity index (χ3v) is 2.97. The van der Waals surface area contributed by atoms with Gasteiger partial charge in [0.2, 0.25) is 0 Å². The molecule has 1 aromatic carbocycles. The predicted octanol–water partition coefficient (Wildman–Crippen LogP) is 3.25. The molecule has 19 heavy (non-hydrogen) atoms. The minimum Gasteiger partial charge on any atom is -0.466 e. The molecule has 0 saturated heterocycles. The van der Waals surface area contributed by atoms with Gasteiger partial charge in [0.1, 0.15) is 0 Å². The summed E-state index contributed by atoms with van der Waals surface area (Å²) < 4.78 is 41.2. The Morgan fingerprint density at radius 3 is 2.42 bits per heavy atom. The summed E-state index contributed by atoms with van der Waals surface area (Å²) in [4.78, 5) is 11.3. The smallest absolute Gasteiger partial charge is 0.446 e. The van der Waals surface area contributed by atoms with E-state index in [1.165, 1.54) is 24.3 Å². The highest BCUT2D eigenvalue weighted by Gasteiger charge is 2.29. The van der Waals surface area contributed by atoms with Crippen LogP contribution in [-0.4, -0.2) is 18.1 Å². The van der Waals surface area contributed by atoms with Crippen LogP contribution in [0.4, 0.5) is 13.2 Å². The van der Waals surface area contributed by atoms with Crippen LogP contribution in [-0.2, 0) is 9.53 Å². The molecule has 0 radical (unpaired) electrons. The van der Waals surface area contributed by atoms with Gasteiger partial charge in [0.25, 0.3) is 0 Å². The average molecular weight is 293 g/mol. The molecule has 0 aromatic heterocycles. The average Bonchev–Trinajstić information content (AvgIpc) is 2.27. The van der Waals surface area contributed by atoms with Crippen molar-refractivity contribution in [3.8, 4) is 0 Å². The molecule has 2 N–H and O–H groups in total. The number of ether oxygens (including phenoxy) is 1. The van der Waals surface area contributed by atoms with E-state index in [9.17, 15) is 18.0 Å². The van der Waals surface area contributed by atoms with Gasteiger partial charge in [-0.2, -0.15) is 13.2 Å². The van der Waals surface area contributed by atoms with Gasteiger partial charge in [0, 0.05) is 10.9 Å². The molecular formula is C12H14F3NO2S. The molecule has 0 spiro atoms. The molecule has 3 nitrogen and oxygen atoms in total. The number of nitrogens with two attached hydrogens (primary N) is 1. The summed E-state index contributed by atoms with van der Waals surface area (Å²) in [6.07, 6.45) is -0.000396. The molecule has 0 saturated carbocycles. The Morgan fingerprint density at radius 2 is 1.95 bits per heavy atom. The number of hydrogen-bond acceptors (Lipinski definition) is 4. The first kappa shape index (κ1) is 15.8. The van der Waals surface area contributed by atoms with E-state index in [4.69, 9.17) is 10.5 Å². The standard InChI is InChI=1S/C12H14F3NO2S/c1-2-18-11(17)7-10(16)8-3-5-9(6-4-8)19-12(13,14)15/h3-6,10H,2,7,16H2,1H3/t10-/m0/s1. The van der Waals surface area contributed by atoms with Crippen LogP contribution in [0.25, 0.3) is 0 Å². The van der Waals surface area contributed by atoms with Crippen molar-refractivity contribution in [1.82, 2.24) is 0 Å². The van der Waals surface area contributed by atoms with Crippen molar-refractivity contribution < 1.29 is 22.7 Å². The molecule has 0 heterocycles. The second-order valence-electron chi connectivity index (χ2n) is 3.73. The lowest BCUT2D eigenvalue weighted by atomic mass is 10.1. The van der Waals surface area contributed by atoms with Gasteiger partial charge in [0.05, 0.1) is 13.0 Å². The number of halogens is 3. The van der Waals surface area contributed by atoms with Crippen LogP contribution in [0.15, 0.2) is 29.2 Å². The van der Waals surface area contributed by atoms with E-state index < -0.39 is 17.5 Å². The fourth-order valence-electron chi connectivity index (χ4n) is 1.43. The lowest BCUT2D eigenvalue weighted by molar-refractivity contribution is -0.143. The van der Waals surface area contributed by atoms with E-state index in [0.717, 1.165) is 0 Å². The van der Waals surface area contributed by atoms with Crippen LogP contribution in [0.2, 0.25) is 0 Å². The zero-order valence-electron chi connectivity index (χ0n) is 10.2. The Hall–Kier alpha value is -1.21. The van der Waals surface area contributed by atoms with E-state index in [1.54, 1.807) is 6.92 Å². The van der Waals surface area contributed by atoms with Gasteiger partial charge in [-0.15, -0.1) is 0 Å². The van der Waals surface area contributed by atoms with Gasteiger partial charge >= 0.3 is 11.5 Å². The van der Waals surface area contributed by atoms with E-state index in [-0.39, 0.29) is 29.7 Å². The quantitative estimate of drug-likeness (QED) is 0.669. The number of carbonyl (C=O) groups excluding carboxylic acids is 1. The first-order chi connectivity index (χ1) is 8.81. The fourth-order valence-corrected chi connectivity index (χ4v) is 1.97. The lowest BCUT2D eigenvalue weighted by Crippen LogP contribution is -2.17. The van der Waals surface area contributed by atoms with Crippen LogP contribution in [0.3, 0.4) is 0 Å². The number of rotatable bonds is 5. The molecule has 7 heteroatoms. The molecule has 0 aliphatic carbocycles. The topological polar surface area (TPSA) is 52.3 Å². The molecule has 0 aliphatic heterocycles. The van der Waals surface area contributed by atoms with Crippen LogP contribution in [0, 0.1) is 0 Å². The van der Waals surface area contributed by atoms with Gasteiger partial charge in [-0.3, -0.25) is 4.79 Å². The highest BCUT2D eigenvalue weighted by molar-refractivity contribution is 8.00. The summed E-state index contributed by atoms with van der Waals surface area (Å²) >= 11 is -0.189. The van der Waals surface area contributed by atoms with Crippen molar-refractivity contribution in [1.29, 1.82) is 0 Å². The second kappa shape index (κ2) is 6.81. The molecule has 1 aromatic rings. The Labute approximate surface area is 113 Å². The Balaban J connectivity index is 2.63. The Bertz CT molecular complexity index is 420. The van der Waals surface area contributed by atoms with Gasteiger partial charge in [0.15, 0.2) is 0 Å². The number of alkyl halides is 3. The molecule has 106 valence electrons. The van der Waals surface area contributed by atoms with Crippen LogP contribution in [0.1, 0.15) is 24.9 Å². The highest BCUT2D eigenvalue weighted by Crippen LogP contribution is 2.37.